The van der Waals surface area contributed by atoms with Crippen molar-refractivity contribution in [1.29, 1.82) is 0 Å². The lowest BCUT2D eigenvalue weighted by atomic mass is 9.74. The van der Waals surface area contributed by atoms with Gasteiger partial charge in [0, 0.05) is 44.4 Å². The van der Waals surface area contributed by atoms with Gasteiger partial charge in [0.1, 0.15) is 6.10 Å². The predicted octanol–water partition coefficient (Wildman–Crippen LogP) is 1.23. The van der Waals surface area contributed by atoms with Gasteiger partial charge >= 0.3 is 0 Å². The van der Waals surface area contributed by atoms with Crippen LogP contribution in [0.5, 0.6) is 0 Å². The molecule has 1 spiro atoms. The van der Waals surface area contributed by atoms with Crippen LogP contribution in [0.25, 0.3) is 0 Å². The Bertz CT molecular complexity index is 620. The van der Waals surface area contributed by atoms with E-state index >= 15 is 0 Å². The fraction of sp³-hybridized carbons (Fsp3) is 0.611. The van der Waals surface area contributed by atoms with Crippen LogP contribution < -0.4 is 5.32 Å². The van der Waals surface area contributed by atoms with Crippen LogP contribution in [0.15, 0.2) is 24.5 Å². The van der Waals surface area contributed by atoms with E-state index in [2.05, 4.69) is 10.3 Å². The Labute approximate surface area is 141 Å². The molecular formula is C18H23N3O3. The molecule has 3 fully saturated rings. The van der Waals surface area contributed by atoms with Crippen molar-refractivity contribution in [3.8, 4) is 0 Å². The lowest BCUT2D eigenvalue weighted by Crippen LogP contribution is -2.55. The third-order valence-electron chi connectivity index (χ3n) is 5.73. The van der Waals surface area contributed by atoms with Gasteiger partial charge in [0.15, 0.2) is 0 Å². The van der Waals surface area contributed by atoms with E-state index in [4.69, 9.17) is 4.74 Å². The van der Waals surface area contributed by atoms with Gasteiger partial charge in [-0.15, -0.1) is 0 Å². The Hall–Kier alpha value is -1.95. The maximum atomic E-state index is 12.5. The van der Waals surface area contributed by atoms with E-state index in [1.165, 1.54) is 0 Å². The number of amides is 2. The quantitative estimate of drug-likeness (QED) is 0.886. The Morgan fingerprint density at radius 3 is 2.71 bits per heavy atom. The van der Waals surface area contributed by atoms with Gasteiger partial charge in [-0.25, -0.2) is 0 Å². The molecule has 1 N–H and O–H groups in total. The summed E-state index contributed by atoms with van der Waals surface area (Å²) in [5, 5.41) is 3.22. The van der Waals surface area contributed by atoms with Crippen molar-refractivity contribution < 1.29 is 14.3 Å². The number of hydrogen-bond acceptors (Lipinski definition) is 4. The number of piperidine rings is 1. The van der Waals surface area contributed by atoms with Gasteiger partial charge < -0.3 is 15.0 Å². The van der Waals surface area contributed by atoms with Gasteiger partial charge in [-0.3, -0.25) is 14.6 Å². The first-order valence-corrected chi connectivity index (χ1v) is 8.79. The number of pyridine rings is 1. The van der Waals surface area contributed by atoms with Crippen molar-refractivity contribution in [2.24, 2.45) is 0 Å². The first kappa shape index (κ1) is 15.6. The van der Waals surface area contributed by atoms with Crippen LogP contribution in [0.3, 0.4) is 0 Å². The summed E-state index contributed by atoms with van der Waals surface area (Å²) >= 11 is 0. The van der Waals surface area contributed by atoms with Gasteiger partial charge in [-0.05, 0) is 43.4 Å². The number of hydrogen-bond donors (Lipinski definition) is 1. The second kappa shape index (κ2) is 6.16. The van der Waals surface area contributed by atoms with E-state index in [0.717, 1.165) is 31.2 Å². The number of ether oxygens (including phenoxy) is 1. The highest BCUT2D eigenvalue weighted by molar-refractivity contribution is 5.83. The molecule has 0 saturated carbocycles. The summed E-state index contributed by atoms with van der Waals surface area (Å²) in [5.41, 5.74) is 0.924. The van der Waals surface area contributed by atoms with E-state index in [1.54, 1.807) is 12.4 Å². The first-order valence-electron chi connectivity index (χ1n) is 8.79. The minimum absolute atomic E-state index is 0.107. The van der Waals surface area contributed by atoms with Gasteiger partial charge in [0.05, 0.1) is 5.54 Å². The van der Waals surface area contributed by atoms with Crippen LogP contribution in [0.4, 0.5) is 0 Å². The molecule has 0 aromatic carbocycles. The highest BCUT2D eigenvalue weighted by Crippen LogP contribution is 2.43. The Morgan fingerprint density at radius 1 is 1.29 bits per heavy atom. The van der Waals surface area contributed by atoms with Gasteiger partial charge in [-0.2, -0.15) is 0 Å². The first-order chi connectivity index (χ1) is 11.7. The van der Waals surface area contributed by atoms with Gasteiger partial charge in [0.25, 0.3) is 5.91 Å². The largest absolute Gasteiger partial charge is 0.368 e. The molecule has 3 saturated heterocycles. The zero-order valence-electron chi connectivity index (χ0n) is 13.7. The molecule has 6 heteroatoms. The Kier molecular flexibility index (Phi) is 4.00. The Morgan fingerprint density at radius 2 is 2.04 bits per heavy atom. The maximum Gasteiger partial charge on any atom is 0.251 e. The number of aromatic nitrogens is 1. The van der Waals surface area contributed by atoms with Crippen molar-refractivity contribution in [2.45, 2.75) is 49.7 Å². The SMILES string of the molecule is O=C1C[C@H](c2ccncc2)C2(CCN(C(=O)[C@H]3CCCO3)CC2)N1. The van der Waals surface area contributed by atoms with Crippen LogP contribution in [0.1, 0.15) is 43.6 Å². The molecule has 4 rings (SSSR count). The minimum atomic E-state index is -0.256. The number of likely N-dealkylation sites (tertiary alicyclic amines) is 1. The molecule has 2 amide bonds. The second-order valence-electron chi connectivity index (χ2n) is 7.07. The number of carbonyl (C=O) groups is 2. The Balaban J connectivity index is 1.48. The lowest BCUT2D eigenvalue weighted by molar-refractivity contribution is -0.142. The van der Waals surface area contributed by atoms with Crippen LogP contribution in [0.2, 0.25) is 0 Å². The summed E-state index contributed by atoms with van der Waals surface area (Å²) in [6.07, 6.45) is 7.21. The fourth-order valence-corrected chi connectivity index (χ4v) is 4.40. The van der Waals surface area contributed by atoms with E-state index in [-0.39, 0.29) is 29.4 Å². The molecule has 1 aromatic rings. The lowest BCUT2D eigenvalue weighted by Gasteiger charge is -2.43. The molecule has 1 aromatic heterocycles. The van der Waals surface area contributed by atoms with Crippen molar-refractivity contribution in [1.82, 2.24) is 15.2 Å². The zero-order valence-corrected chi connectivity index (χ0v) is 13.7. The molecule has 0 bridgehead atoms. The van der Waals surface area contributed by atoms with E-state index < -0.39 is 0 Å². The zero-order chi connectivity index (χ0) is 16.6. The minimum Gasteiger partial charge on any atom is -0.368 e. The third-order valence-corrected chi connectivity index (χ3v) is 5.73. The third kappa shape index (κ3) is 2.69. The second-order valence-corrected chi connectivity index (χ2v) is 7.07. The van der Waals surface area contributed by atoms with Crippen LogP contribution >= 0.6 is 0 Å². The molecule has 0 unspecified atom stereocenters. The standard InChI is InChI=1S/C18H23N3O3/c22-16-12-14(13-3-7-19-8-4-13)18(20-16)5-9-21(10-6-18)17(23)15-2-1-11-24-15/h3-4,7-8,14-15H,1-2,5-6,9-12H2,(H,20,22)/t14-,15-/m1/s1. The van der Waals surface area contributed by atoms with Crippen molar-refractivity contribution in [3.63, 3.8) is 0 Å². The fourth-order valence-electron chi connectivity index (χ4n) is 4.40. The maximum absolute atomic E-state index is 12.5. The highest BCUT2D eigenvalue weighted by atomic mass is 16.5. The molecule has 24 heavy (non-hydrogen) atoms. The molecule has 0 aliphatic carbocycles. The number of nitrogens with zero attached hydrogens (tertiary/aromatic N) is 2. The van der Waals surface area contributed by atoms with Gasteiger partial charge in [0.2, 0.25) is 5.91 Å². The average Bonchev–Trinajstić information content (AvgIpc) is 3.24. The monoisotopic (exact) mass is 329 g/mol. The van der Waals surface area contributed by atoms with E-state index in [9.17, 15) is 9.59 Å². The summed E-state index contributed by atoms with van der Waals surface area (Å²) in [7, 11) is 0. The van der Waals surface area contributed by atoms with Crippen LogP contribution in [-0.2, 0) is 14.3 Å². The highest BCUT2D eigenvalue weighted by Gasteiger charge is 2.49. The van der Waals surface area contributed by atoms with E-state index in [0.29, 0.717) is 26.1 Å². The summed E-state index contributed by atoms with van der Waals surface area (Å²) in [4.78, 5) is 30.6. The van der Waals surface area contributed by atoms with E-state index in [1.807, 2.05) is 17.0 Å². The predicted molar refractivity (Wildman–Crippen MR) is 87.3 cm³/mol. The number of carbonyl (C=O) groups excluding carboxylic acids is 2. The average molecular weight is 329 g/mol. The molecule has 2 atom stereocenters. The molecule has 3 aliphatic rings. The summed E-state index contributed by atoms with van der Waals surface area (Å²) in [5.74, 6) is 0.385. The summed E-state index contributed by atoms with van der Waals surface area (Å²) < 4.78 is 5.52. The van der Waals surface area contributed by atoms with Crippen LogP contribution in [-0.4, -0.2) is 53.0 Å². The van der Waals surface area contributed by atoms with Crippen molar-refractivity contribution in [2.75, 3.05) is 19.7 Å². The van der Waals surface area contributed by atoms with Crippen LogP contribution in [0, 0.1) is 0 Å². The summed E-state index contributed by atoms with van der Waals surface area (Å²) in [6.45, 7) is 2.05. The molecule has 128 valence electrons. The van der Waals surface area contributed by atoms with Gasteiger partial charge in [-0.1, -0.05) is 0 Å². The molecule has 4 heterocycles. The molecule has 6 nitrogen and oxygen atoms in total. The normalized spacial score (nSPS) is 29.0. The van der Waals surface area contributed by atoms with Crippen molar-refractivity contribution >= 4 is 11.8 Å². The molecule has 3 aliphatic heterocycles. The number of nitrogens with one attached hydrogen (secondary N) is 1. The molecular weight excluding hydrogens is 306 g/mol. The number of rotatable bonds is 2. The topological polar surface area (TPSA) is 71.5 Å². The van der Waals surface area contributed by atoms with Crippen molar-refractivity contribution in [3.05, 3.63) is 30.1 Å². The summed E-state index contributed by atoms with van der Waals surface area (Å²) in [6, 6.07) is 3.99. The molecule has 0 radical (unpaired) electrons. The smallest absolute Gasteiger partial charge is 0.251 e.